The number of hydrogen-bond acceptors (Lipinski definition) is 3. The molecule has 3 N–H and O–H groups in total. The zero-order valence-electron chi connectivity index (χ0n) is 8.10. The van der Waals surface area contributed by atoms with Gasteiger partial charge in [-0.25, -0.2) is 4.79 Å². The van der Waals surface area contributed by atoms with Gasteiger partial charge in [-0.2, -0.15) is 0 Å². The SMILES string of the molecule is O=C(O)CC(NC(=O)C1CCC1)C(=O)O. The van der Waals surface area contributed by atoms with Crippen LogP contribution in [0.1, 0.15) is 25.7 Å². The van der Waals surface area contributed by atoms with Crippen LogP contribution in [0.2, 0.25) is 0 Å². The molecule has 0 heterocycles. The van der Waals surface area contributed by atoms with Gasteiger partial charge in [0.05, 0.1) is 6.42 Å². The Labute approximate surface area is 86.3 Å². The van der Waals surface area contributed by atoms with Gasteiger partial charge in [-0.1, -0.05) is 6.42 Å². The molecule has 0 radical (unpaired) electrons. The molecule has 1 fully saturated rings. The Morgan fingerprint density at radius 2 is 1.87 bits per heavy atom. The van der Waals surface area contributed by atoms with Crippen molar-refractivity contribution in [3.63, 3.8) is 0 Å². The third-order valence-electron chi connectivity index (χ3n) is 2.47. The molecule has 0 aromatic carbocycles. The Bertz CT molecular complexity index is 284. The fourth-order valence-electron chi connectivity index (χ4n) is 1.33. The molecule has 15 heavy (non-hydrogen) atoms. The second-order valence-corrected chi connectivity index (χ2v) is 3.63. The highest BCUT2D eigenvalue weighted by Crippen LogP contribution is 2.26. The van der Waals surface area contributed by atoms with Crippen LogP contribution in [-0.4, -0.2) is 34.1 Å². The first-order valence-electron chi connectivity index (χ1n) is 4.75. The predicted molar refractivity (Wildman–Crippen MR) is 49.2 cm³/mol. The topological polar surface area (TPSA) is 104 Å². The molecular weight excluding hydrogens is 202 g/mol. The lowest BCUT2D eigenvalue weighted by atomic mass is 9.84. The molecule has 0 aliphatic heterocycles. The van der Waals surface area contributed by atoms with E-state index in [-0.39, 0.29) is 11.8 Å². The van der Waals surface area contributed by atoms with Crippen LogP contribution in [-0.2, 0) is 14.4 Å². The zero-order chi connectivity index (χ0) is 11.4. The van der Waals surface area contributed by atoms with Crippen molar-refractivity contribution in [1.82, 2.24) is 5.32 Å². The molecule has 84 valence electrons. The zero-order valence-corrected chi connectivity index (χ0v) is 8.10. The van der Waals surface area contributed by atoms with Crippen molar-refractivity contribution in [3.05, 3.63) is 0 Å². The standard InChI is InChI=1S/C9H13NO5/c11-7(12)4-6(9(14)15)10-8(13)5-2-1-3-5/h5-6H,1-4H2,(H,10,13)(H,11,12)(H,14,15). The summed E-state index contributed by atoms with van der Waals surface area (Å²) in [4.78, 5) is 32.3. The molecule has 0 bridgehead atoms. The Morgan fingerprint density at radius 3 is 2.20 bits per heavy atom. The third kappa shape index (κ3) is 3.23. The molecule has 0 aromatic rings. The molecule has 1 saturated carbocycles. The van der Waals surface area contributed by atoms with Crippen LogP contribution in [0.5, 0.6) is 0 Å². The van der Waals surface area contributed by atoms with Crippen molar-refractivity contribution >= 4 is 17.8 Å². The molecule has 1 unspecified atom stereocenters. The van der Waals surface area contributed by atoms with Crippen molar-refractivity contribution < 1.29 is 24.6 Å². The quantitative estimate of drug-likeness (QED) is 0.590. The second kappa shape index (κ2) is 4.77. The van der Waals surface area contributed by atoms with Gasteiger partial charge in [0.15, 0.2) is 0 Å². The van der Waals surface area contributed by atoms with Crippen LogP contribution in [0.3, 0.4) is 0 Å². The molecule has 0 saturated heterocycles. The summed E-state index contributed by atoms with van der Waals surface area (Å²) >= 11 is 0. The van der Waals surface area contributed by atoms with Gasteiger partial charge in [0.25, 0.3) is 0 Å². The van der Waals surface area contributed by atoms with Crippen LogP contribution in [0.15, 0.2) is 0 Å². The Balaban J connectivity index is 2.46. The van der Waals surface area contributed by atoms with Gasteiger partial charge in [-0.3, -0.25) is 9.59 Å². The number of aliphatic carboxylic acids is 2. The third-order valence-corrected chi connectivity index (χ3v) is 2.47. The minimum Gasteiger partial charge on any atom is -0.481 e. The van der Waals surface area contributed by atoms with Gasteiger partial charge in [-0.05, 0) is 12.8 Å². The number of hydrogen-bond donors (Lipinski definition) is 3. The first kappa shape index (κ1) is 11.5. The van der Waals surface area contributed by atoms with E-state index >= 15 is 0 Å². The smallest absolute Gasteiger partial charge is 0.326 e. The predicted octanol–water partition coefficient (Wildman–Crippen LogP) is -0.169. The van der Waals surface area contributed by atoms with Gasteiger partial charge in [-0.15, -0.1) is 0 Å². The lowest BCUT2D eigenvalue weighted by molar-refractivity contribution is -0.147. The number of nitrogens with one attached hydrogen (secondary N) is 1. The van der Waals surface area contributed by atoms with E-state index in [4.69, 9.17) is 10.2 Å². The maximum atomic E-state index is 11.4. The van der Waals surface area contributed by atoms with Crippen molar-refractivity contribution in [2.24, 2.45) is 5.92 Å². The minimum atomic E-state index is -1.32. The fourth-order valence-corrected chi connectivity index (χ4v) is 1.33. The van der Waals surface area contributed by atoms with Gasteiger partial charge in [0.2, 0.25) is 5.91 Å². The van der Waals surface area contributed by atoms with Crippen molar-refractivity contribution in [1.29, 1.82) is 0 Å². The lowest BCUT2D eigenvalue weighted by Crippen LogP contribution is -2.46. The summed E-state index contributed by atoms with van der Waals surface area (Å²) in [7, 11) is 0. The molecule has 1 aliphatic rings. The van der Waals surface area contributed by atoms with Crippen LogP contribution in [0.4, 0.5) is 0 Å². The highest BCUT2D eigenvalue weighted by molar-refractivity contribution is 5.88. The maximum absolute atomic E-state index is 11.4. The number of carboxylic acid groups (broad SMARTS) is 2. The van der Waals surface area contributed by atoms with E-state index in [1.54, 1.807) is 0 Å². The summed E-state index contributed by atoms with van der Waals surface area (Å²) in [5.74, 6) is -3.04. The van der Waals surface area contributed by atoms with Crippen LogP contribution < -0.4 is 5.32 Å². The van der Waals surface area contributed by atoms with E-state index in [1.807, 2.05) is 0 Å². The monoisotopic (exact) mass is 215 g/mol. The molecular formula is C9H13NO5. The molecule has 1 aliphatic carbocycles. The molecule has 0 spiro atoms. The molecule has 0 aromatic heterocycles. The summed E-state index contributed by atoms with van der Waals surface area (Å²) in [5, 5.41) is 19.3. The molecule has 1 rings (SSSR count). The number of carbonyl (C=O) groups is 3. The molecule has 1 atom stereocenters. The van der Waals surface area contributed by atoms with E-state index in [1.165, 1.54) is 0 Å². The van der Waals surface area contributed by atoms with Crippen molar-refractivity contribution in [3.8, 4) is 0 Å². The number of carbonyl (C=O) groups excluding carboxylic acids is 1. The number of rotatable bonds is 5. The number of carboxylic acids is 2. The fraction of sp³-hybridized carbons (Fsp3) is 0.667. The largest absolute Gasteiger partial charge is 0.481 e. The molecule has 6 heteroatoms. The average molecular weight is 215 g/mol. The van der Waals surface area contributed by atoms with E-state index in [2.05, 4.69) is 5.32 Å². The first-order chi connectivity index (χ1) is 7.00. The highest BCUT2D eigenvalue weighted by atomic mass is 16.4. The van der Waals surface area contributed by atoms with E-state index in [0.29, 0.717) is 0 Å². The number of amides is 1. The van der Waals surface area contributed by atoms with Crippen LogP contribution >= 0.6 is 0 Å². The first-order valence-corrected chi connectivity index (χ1v) is 4.75. The van der Waals surface area contributed by atoms with Crippen LogP contribution in [0.25, 0.3) is 0 Å². The Hall–Kier alpha value is -1.59. The molecule has 1 amide bonds. The van der Waals surface area contributed by atoms with E-state index < -0.39 is 24.4 Å². The average Bonchev–Trinajstić information content (AvgIpc) is 1.98. The highest BCUT2D eigenvalue weighted by Gasteiger charge is 2.30. The van der Waals surface area contributed by atoms with Crippen molar-refractivity contribution in [2.45, 2.75) is 31.7 Å². The van der Waals surface area contributed by atoms with Gasteiger partial charge < -0.3 is 15.5 Å². The summed E-state index contributed by atoms with van der Waals surface area (Å²) < 4.78 is 0. The lowest BCUT2D eigenvalue weighted by Gasteiger charge is -2.25. The summed E-state index contributed by atoms with van der Waals surface area (Å²) in [6, 6.07) is -1.32. The summed E-state index contributed by atoms with van der Waals surface area (Å²) in [6.45, 7) is 0. The van der Waals surface area contributed by atoms with E-state index in [9.17, 15) is 14.4 Å². The van der Waals surface area contributed by atoms with Gasteiger partial charge >= 0.3 is 11.9 Å². The Kier molecular flexibility index (Phi) is 3.65. The van der Waals surface area contributed by atoms with Gasteiger partial charge in [0.1, 0.15) is 6.04 Å². The summed E-state index contributed by atoms with van der Waals surface area (Å²) in [6.07, 6.45) is 1.89. The van der Waals surface area contributed by atoms with E-state index in [0.717, 1.165) is 19.3 Å². The normalized spacial score (nSPS) is 17.6. The van der Waals surface area contributed by atoms with Gasteiger partial charge in [0, 0.05) is 5.92 Å². The Morgan fingerprint density at radius 1 is 1.27 bits per heavy atom. The minimum absolute atomic E-state index is 0.138. The summed E-state index contributed by atoms with van der Waals surface area (Å²) in [5.41, 5.74) is 0. The van der Waals surface area contributed by atoms with Crippen LogP contribution in [0, 0.1) is 5.92 Å². The second-order valence-electron chi connectivity index (χ2n) is 3.63. The molecule has 6 nitrogen and oxygen atoms in total. The maximum Gasteiger partial charge on any atom is 0.326 e. The van der Waals surface area contributed by atoms with Crippen molar-refractivity contribution in [2.75, 3.05) is 0 Å².